The average Bonchev–Trinajstić information content (AvgIpc) is 2.67. The van der Waals surface area contributed by atoms with Crippen molar-refractivity contribution in [2.24, 2.45) is 10.2 Å². The zero-order valence-corrected chi connectivity index (χ0v) is 13.8. The van der Waals surface area contributed by atoms with Gasteiger partial charge in [-0.05, 0) is 12.0 Å². The van der Waals surface area contributed by atoms with E-state index in [1.807, 2.05) is 54.6 Å². The van der Waals surface area contributed by atoms with Crippen LogP contribution in [-0.4, -0.2) is 11.4 Å². The van der Waals surface area contributed by atoms with Crippen LogP contribution in [0.3, 0.4) is 0 Å². The van der Waals surface area contributed by atoms with Crippen LogP contribution in [0.15, 0.2) is 101 Å². The highest BCUT2D eigenvalue weighted by atomic mass is 15.2. The van der Waals surface area contributed by atoms with Crippen molar-refractivity contribution in [2.75, 3.05) is 0 Å². The van der Waals surface area contributed by atoms with Crippen molar-refractivity contribution in [3.63, 3.8) is 0 Å². The summed E-state index contributed by atoms with van der Waals surface area (Å²) in [5.41, 5.74) is 5.12. The molecule has 0 aliphatic heterocycles. The van der Waals surface area contributed by atoms with Crippen molar-refractivity contribution in [3.05, 3.63) is 108 Å². The van der Waals surface area contributed by atoms with Crippen LogP contribution in [-0.2, 0) is 0 Å². The van der Waals surface area contributed by atoms with Gasteiger partial charge in [-0.3, -0.25) is 0 Å². The fourth-order valence-electron chi connectivity index (χ4n) is 2.55. The van der Waals surface area contributed by atoms with E-state index in [1.165, 1.54) is 0 Å². The van der Waals surface area contributed by atoms with Crippen LogP contribution < -0.4 is 0 Å². The molecule has 0 aliphatic rings. The van der Waals surface area contributed by atoms with E-state index in [9.17, 15) is 0 Å². The van der Waals surface area contributed by atoms with Crippen molar-refractivity contribution in [1.82, 2.24) is 0 Å². The molecule has 118 valence electrons. The van der Waals surface area contributed by atoms with Gasteiger partial charge >= 0.3 is 0 Å². The van der Waals surface area contributed by atoms with Gasteiger partial charge in [0.2, 0.25) is 0 Å². The minimum Gasteiger partial charge on any atom is -0.154 e. The Labute approximate surface area is 143 Å². The maximum absolute atomic E-state index is 4.62. The van der Waals surface area contributed by atoms with E-state index in [-0.39, 0.29) is 0 Å². The molecule has 0 saturated carbocycles. The lowest BCUT2D eigenvalue weighted by molar-refractivity contribution is 1.17. The second kappa shape index (κ2) is 8.02. The molecule has 0 fully saturated rings. The molecule has 0 amide bonds. The average molecular weight is 312 g/mol. The van der Waals surface area contributed by atoms with E-state index in [2.05, 4.69) is 53.5 Å². The number of hydrogen-bond donors (Lipinski definition) is 0. The minimum absolute atomic E-state index is 0.838. The highest BCUT2D eigenvalue weighted by molar-refractivity contribution is 6.13. The first kappa shape index (κ1) is 15.9. The topological polar surface area (TPSA) is 24.7 Å². The molecule has 3 aromatic carbocycles. The molecular formula is C22H20N2. The molecule has 0 atom stereocenters. The van der Waals surface area contributed by atoms with E-state index in [1.54, 1.807) is 0 Å². The summed E-state index contributed by atoms with van der Waals surface area (Å²) < 4.78 is 0. The fraction of sp³-hybridized carbons (Fsp3) is 0.0909. The Bertz CT molecular complexity index is 778. The summed E-state index contributed by atoms with van der Waals surface area (Å²) in [5.74, 6) is 0. The summed E-state index contributed by atoms with van der Waals surface area (Å²) in [6.45, 7) is 2.10. The fourth-order valence-corrected chi connectivity index (χ4v) is 2.55. The standard InChI is InChI=1S/C22H20N2/c1-2-21(18-12-6-3-7-13-18)23-24-22(19-14-8-4-9-15-19)20-16-10-5-11-17-20/h3-17H,2H2,1H3. The summed E-state index contributed by atoms with van der Waals surface area (Å²) >= 11 is 0. The van der Waals surface area contributed by atoms with Crippen molar-refractivity contribution >= 4 is 11.4 Å². The number of nitrogens with zero attached hydrogens (tertiary/aromatic N) is 2. The third-order valence-corrected chi connectivity index (χ3v) is 3.81. The molecule has 0 radical (unpaired) electrons. The number of rotatable bonds is 5. The summed E-state index contributed by atoms with van der Waals surface area (Å²) in [7, 11) is 0. The first-order chi connectivity index (χ1) is 11.9. The molecule has 0 spiro atoms. The van der Waals surface area contributed by atoms with Crippen molar-refractivity contribution in [1.29, 1.82) is 0 Å². The van der Waals surface area contributed by atoms with Crippen LogP contribution in [0.5, 0.6) is 0 Å². The van der Waals surface area contributed by atoms with Gasteiger partial charge in [-0.15, -0.1) is 5.10 Å². The molecule has 0 N–H and O–H groups in total. The molecule has 0 aromatic heterocycles. The zero-order chi connectivity index (χ0) is 16.6. The Morgan fingerprint density at radius 3 is 1.42 bits per heavy atom. The Morgan fingerprint density at radius 1 is 0.583 bits per heavy atom. The van der Waals surface area contributed by atoms with Crippen LogP contribution in [0.25, 0.3) is 0 Å². The summed E-state index contributed by atoms with van der Waals surface area (Å²) in [5, 5.41) is 9.19. The second-order valence-electron chi connectivity index (χ2n) is 5.45. The van der Waals surface area contributed by atoms with Gasteiger partial charge in [-0.2, -0.15) is 5.10 Å². The van der Waals surface area contributed by atoms with Crippen molar-refractivity contribution in [2.45, 2.75) is 13.3 Å². The van der Waals surface area contributed by atoms with Gasteiger partial charge in [0, 0.05) is 11.1 Å². The van der Waals surface area contributed by atoms with Crippen molar-refractivity contribution in [3.8, 4) is 0 Å². The van der Waals surface area contributed by atoms with E-state index in [0.29, 0.717) is 0 Å². The predicted octanol–water partition coefficient (Wildman–Crippen LogP) is 5.34. The molecule has 3 rings (SSSR count). The normalized spacial score (nSPS) is 11.1. The third-order valence-electron chi connectivity index (χ3n) is 3.81. The quantitative estimate of drug-likeness (QED) is 0.449. The van der Waals surface area contributed by atoms with Gasteiger partial charge < -0.3 is 0 Å². The second-order valence-corrected chi connectivity index (χ2v) is 5.45. The van der Waals surface area contributed by atoms with Crippen LogP contribution >= 0.6 is 0 Å². The molecule has 2 nitrogen and oxygen atoms in total. The summed E-state index contributed by atoms with van der Waals surface area (Å²) in [6.07, 6.45) is 0.838. The molecule has 0 unspecified atom stereocenters. The van der Waals surface area contributed by atoms with Crippen LogP contribution in [0.4, 0.5) is 0 Å². The molecular weight excluding hydrogens is 292 g/mol. The highest BCUT2D eigenvalue weighted by Gasteiger charge is 2.07. The van der Waals surface area contributed by atoms with Gasteiger partial charge in [-0.1, -0.05) is 97.9 Å². The molecule has 0 saturated heterocycles. The van der Waals surface area contributed by atoms with Crippen LogP contribution in [0, 0.1) is 0 Å². The van der Waals surface area contributed by atoms with Gasteiger partial charge in [-0.25, -0.2) is 0 Å². The van der Waals surface area contributed by atoms with E-state index in [4.69, 9.17) is 0 Å². The SMILES string of the molecule is CCC(=NN=C(c1ccccc1)c1ccccc1)c1ccccc1. The highest BCUT2D eigenvalue weighted by Crippen LogP contribution is 2.12. The van der Waals surface area contributed by atoms with E-state index < -0.39 is 0 Å². The molecule has 2 heteroatoms. The lowest BCUT2D eigenvalue weighted by Gasteiger charge is -2.06. The van der Waals surface area contributed by atoms with Crippen LogP contribution in [0.2, 0.25) is 0 Å². The first-order valence-electron chi connectivity index (χ1n) is 8.19. The van der Waals surface area contributed by atoms with Gasteiger partial charge in [0.25, 0.3) is 0 Å². The van der Waals surface area contributed by atoms with Gasteiger partial charge in [0.1, 0.15) is 5.71 Å². The Balaban J connectivity index is 2.05. The molecule has 0 heterocycles. The summed E-state index contributed by atoms with van der Waals surface area (Å²) in [6, 6.07) is 30.6. The Kier molecular flexibility index (Phi) is 5.31. The summed E-state index contributed by atoms with van der Waals surface area (Å²) in [4.78, 5) is 0. The van der Waals surface area contributed by atoms with E-state index in [0.717, 1.165) is 34.5 Å². The van der Waals surface area contributed by atoms with Gasteiger partial charge in [0.15, 0.2) is 0 Å². The molecule has 24 heavy (non-hydrogen) atoms. The largest absolute Gasteiger partial charge is 0.154 e. The first-order valence-corrected chi connectivity index (χ1v) is 8.19. The maximum atomic E-state index is 4.62. The third kappa shape index (κ3) is 3.85. The monoisotopic (exact) mass is 312 g/mol. The lowest BCUT2D eigenvalue weighted by atomic mass is 10.0. The molecule has 3 aromatic rings. The zero-order valence-electron chi connectivity index (χ0n) is 13.8. The molecule has 0 aliphatic carbocycles. The van der Waals surface area contributed by atoms with Gasteiger partial charge in [0.05, 0.1) is 5.71 Å². The smallest absolute Gasteiger partial charge is 0.100 e. The number of hydrogen-bond acceptors (Lipinski definition) is 2. The number of benzene rings is 3. The van der Waals surface area contributed by atoms with Crippen LogP contribution in [0.1, 0.15) is 30.0 Å². The maximum Gasteiger partial charge on any atom is 0.100 e. The van der Waals surface area contributed by atoms with Crippen molar-refractivity contribution < 1.29 is 0 Å². The lowest BCUT2D eigenvalue weighted by Crippen LogP contribution is -2.04. The van der Waals surface area contributed by atoms with E-state index >= 15 is 0 Å². The minimum atomic E-state index is 0.838. The predicted molar refractivity (Wildman–Crippen MR) is 102 cm³/mol. The molecule has 0 bridgehead atoms. The Hall–Kier alpha value is -3.00. The Morgan fingerprint density at radius 2 is 1.00 bits per heavy atom.